The average molecular weight is 210 g/mol. The van der Waals surface area contributed by atoms with Gasteiger partial charge in [-0.2, -0.15) is 0 Å². The topological polar surface area (TPSA) is 40.1 Å². The van der Waals surface area contributed by atoms with Crippen molar-refractivity contribution >= 4 is 16.7 Å². The zero-order chi connectivity index (χ0) is 10.4. The van der Waals surface area contributed by atoms with Crippen molar-refractivity contribution in [3.05, 3.63) is 48.5 Å². The number of aliphatic carboxylic acids is 1. The second kappa shape index (κ2) is 7.46. The van der Waals surface area contributed by atoms with Gasteiger partial charge >= 0.3 is 29.6 Å². The summed E-state index contributed by atoms with van der Waals surface area (Å²) in [4.78, 5) is 8.89. The minimum atomic E-state index is -1.08. The predicted molar refractivity (Wildman–Crippen MR) is 54.6 cm³/mol. The molecule has 0 aliphatic rings. The second-order valence-electron chi connectivity index (χ2n) is 2.84. The number of carbonyl (C=O) groups excluding carboxylic acids is 1. The maximum Gasteiger partial charge on any atom is 1.00 e. The number of hydrogen-bond donors (Lipinski definition) is 0. The standard InChI is InChI=1S/C10H8.C2H4O2.Na/c1-2-6-10-8-4-3-7-9(10)5-1;1-2(3)4;/h1-8H;1H3,(H,3,4);/q;;+1/p-1. The van der Waals surface area contributed by atoms with Gasteiger partial charge in [-0.1, -0.05) is 48.5 Å². The number of carboxylic acid groups (broad SMARTS) is 1. The number of fused-ring (bicyclic) bond motifs is 1. The van der Waals surface area contributed by atoms with Crippen LogP contribution in [0.25, 0.3) is 10.8 Å². The van der Waals surface area contributed by atoms with Gasteiger partial charge in [-0.05, 0) is 17.7 Å². The summed E-state index contributed by atoms with van der Waals surface area (Å²) in [5, 5.41) is 11.5. The molecule has 72 valence electrons. The van der Waals surface area contributed by atoms with Crippen LogP contribution in [0.1, 0.15) is 6.92 Å². The van der Waals surface area contributed by atoms with Crippen LogP contribution in [0.2, 0.25) is 0 Å². The summed E-state index contributed by atoms with van der Waals surface area (Å²) >= 11 is 0. The van der Waals surface area contributed by atoms with Gasteiger partial charge in [0.05, 0.1) is 0 Å². The van der Waals surface area contributed by atoms with Gasteiger partial charge in [0, 0.05) is 5.97 Å². The molecule has 3 heteroatoms. The third-order valence-electron chi connectivity index (χ3n) is 1.66. The van der Waals surface area contributed by atoms with Crippen LogP contribution in [-0.2, 0) is 4.79 Å². The Kier molecular flexibility index (Phi) is 7.05. The minimum Gasteiger partial charge on any atom is -0.550 e. The van der Waals surface area contributed by atoms with E-state index in [9.17, 15) is 0 Å². The second-order valence-corrected chi connectivity index (χ2v) is 2.84. The minimum absolute atomic E-state index is 0. The summed E-state index contributed by atoms with van der Waals surface area (Å²) in [5.74, 6) is -1.08. The number of hydrogen-bond acceptors (Lipinski definition) is 2. The van der Waals surface area contributed by atoms with Crippen LogP contribution in [0.4, 0.5) is 0 Å². The number of benzene rings is 2. The van der Waals surface area contributed by atoms with Gasteiger partial charge in [0.2, 0.25) is 0 Å². The Bertz CT molecular complexity index is 357. The first-order valence-electron chi connectivity index (χ1n) is 4.31. The average Bonchev–Trinajstić information content (AvgIpc) is 2.17. The Morgan fingerprint density at radius 1 is 0.933 bits per heavy atom. The Balaban J connectivity index is 0.000000346. The van der Waals surface area contributed by atoms with Crippen LogP contribution < -0.4 is 34.7 Å². The Hall–Kier alpha value is -0.830. The van der Waals surface area contributed by atoms with Crippen LogP contribution in [-0.4, -0.2) is 5.97 Å². The Morgan fingerprint density at radius 3 is 1.33 bits per heavy atom. The van der Waals surface area contributed by atoms with Gasteiger partial charge in [0.15, 0.2) is 0 Å². The molecule has 0 aromatic heterocycles. The molecule has 0 saturated carbocycles. The third kappa shape index (κ3) is 5.57. The first kappa shape index (κ1) is 14.2. The molecular formula is C12H11NaO2. The summed E-state index contributed by atoms with van der Waals surface area (Å²) in [5.41, 5.74) is 0. The van der Waals surface area contributed by atoms with E-state index in [1.165, 1.54) is 10.8 Å². The summed E-state index contributed by atoms with van der Waals surface area (Å²) in [6, 6.07) is 16.7. The molecule has 2 aromatic rings. The smallest absolute Gasteiger partial charge is 0.550 e. The van der Waals surface area contributed by atoms with Crippen molar-refractivity contribution in [2.75, 3.05) is 0 Å². The fraction of sp³-hybridized carbons (Fsp3) is 0.0833. The van der Waals surface area contributed by atoms with Crippen molar-refractivity contribution in [1.82, 2.24) is 0 Å². The molecular weight excluding hydrogens is 199 g/mol. The van der Waals surface area contributed by atoms with E-state index >= 15 is 0 Å². The largest absolute Gasteiger partial charge is 1.00 e. The summed E-state index contributed by atoms with van der Waals surface area (Å²) in [6.07, 6.45) is 0. The molecule has 0 amide bonds. The van der Waals surface area contributed by atoms with Crippen LogP contribution >= 0.6 is 0 Å². The molecule has 0 heterocycles. The maximum atomic E-state index is 8.89. The molecule has 0 N–H and O–H groups in total. The van der Waals surface area contributed by atoms with Gasteiger partial charge in [0.1, 0.15) is 0 Å². The van der Waals surface area contributed by atoms with E-state index in [1.54, 1.807) is 0 Å². The van der Waals surface area contributed by atoms with Crippen molar-refractivity contribution in [3.8, 4) is 0 Å². The molecule has 15 heavy (non-hydrogen) atoms. The molecule has 0 spiro atoms. The zero-order valence-corrected chi connectivity index (χ0v) is 10.9. The SMILES string of the molecule is CC(=O)[O-].[Na+].c1ccc2ccccc2c1. The van der Waals surface area contributed by atoms with E-state index in [1.807, 2.05) is 0 Å². The molecule has 0 atom stereocenters. The van der Waals surface area contributed by atoms with E-state index in [0.717, 1.165) is 6.92 Å². The van der Waals surface area contributed by atoms with E-state index in [-0.39, 0.29) is 29.6 Å². The first-order chi connectivity index (χ1) is 6.70. The van der Waals surface area contributed by atoms with E-state index < -0.39 is 5.97 Å². The van der Waals surface area contributed by atoms with E-state index in [0.29, 0.717) is 0 Å². The Morgan fingerprint density at radius 2 is 1.13 bits per heavy atom. The van der Waals surface area contributed by atoms with Crippen LogP contribution in [0.5, 0.6) is 0 Å². The fourth-order valence-electron chi connectivity index (χ4n) is 1.13. The maximum absolute atomic E-state index is 8.89. The molecule has 2 nitrogen and oxygen atoms in total. The van der Waals surface area contributed by atoms with E-state index in [4.69, 9.17) is 9.90 Å². The first-order valence-corrected chi connectivity index (χ1v) is 4.31. The summed E-state index contributed by atoms with van der Waals surface area (Å²) in [7, 11) is 0. The van der Waals surface area contributed by atoms with Crippen molar-refractivity contribution in [2.45, 2.75) is 6.92 Å². The number of carbonyl (C=O) groups is 1. The van der Waals surface area contributed by atoms with Gasteiger partial charge in [-0.3, -0.25) is 0 Å². The van der Waals surface area contributed by atoms with Crippen LogP contribution in [0, 0.1) is 0 Å². The van der Waals surface area contributed by atoms with Crippen LogP contribution in [0.3, 0.4) is 0 Å². The summed E-state index contributed by atoms with van der Waals surface area (Å²) in [6.45, 7) is 0.972. The fourth-order valence-corrected chi connectivity index (χ4v) is 1.13. The van der Waals surface area contributed by atoms with Crippen molar-refractivity contribution in [1.29, 1.82) is 0 Å². The van der Waals surface area contributed by atoms with Crippen LogP contribution in [0.15, 0.2) is 48.5 Å². The molecule has 0 bridgehead atoms. The molecule has 0 aliphatic heterocycles. The van der Waals surface area contributed by atoms with Crippen molar-refractivity contribution < 1.29 is 39.5 Å². The monoisotopic (exact) mass is 210 g/mol. The van der Waals surface area contributed by atoms with Gasteiger partial charge in [-0.15, -0.1) is 0 Å². The molecule has 2 aromatic carbocycles. The molecule has 2 rings (SSSR count). The number of rotatable bonds is 0. The quantitative estimate of drug-likeness (QED) is 0.502. The van der Waals surface area contributed by atoms with Crippen molar-refractivity contribution in [2.24, 2.45) is 0 Å². The molecule has 0 unspecified atom stereocenters. The van der Waals surface area contributed by atoms with Gasteiger partial charge < -0.3 is 9.90 Å². The zero-order valence-electron chi connectivity index (χ0n) is 8.94. The summed E-state index contributed by atoms with van der Waals surface area (Å²) < 4.78 is 0. The molecule has 0 saturated heterocycles. The van der Waals surface area contributed by atoms with E-state index in [2.05, 4.69) is 48.5 Å². The van der Waals surface area contributed by atoms with Crippen molar-refractivity contribution in [3.63, 3.8) is 0 Å². The van der Waals surface area contributed by atoms with Gasteiger partial charge in [0.25, 0.3) is 0 Å². The molecule has 0 radical (unpaired) electrons. The molecule has 0 fully saturated rings. The van der Waals surface area contributed by atoms with Gasteiger partial charge in [-0.25, -0.2) is 0 Å². The third-order valence-corrected chi connectivity index (χ3v) is 1.66. The Labute approximate surface area is 111 Å². The normalized spacial score (nSPS) is 8.33. The predicted octanol–water partition coefficient (Wildman–Crippen LogP) is -1.40. The number of carboxylic acids is 1. The molecule has 0 aliphatic carbocycles.